The molecule has 0 saturated heterocycles. The summed E-state index contributed by atoms with van der Waals surface area (Å²) in [6.07, 6.45) is 10.6. The molecule has 227 valence electrons. The molecule has 4 heteroatoms. The van der Waals surface area contributed by atoms with Crippen molar-refractivity contribution in [3.8, 4) is 11.3 Å². The molecule has 2 atom stereocenters. The molecule has 5 rings (SSSR count). The number of aryl methyl sites for hydroxylation is 2. The second-order valence-electron chi connectivity index (χ2n) is 12.8. The number of nitrogens with zero attached hydrogens (tertiary/aromatic N) is 1. The van der Waals surface area contributed by atoms with Gasteiger partial charge in [0.25, 0.3) is 0 Å². The van der Waals surface area contributed by atoms with Crippen LogP contribution in [-0.2, 0) is 20.1 Å². The minimum absolute atomic E-state index is 0. The summed E-state index contributed by atoms with van der Waals surface area (Å²) < 4.78 is 0. The van der Waals surface area contributed by atoms with Gasteiger partial charge in [0, 0.05) is 26.0 Å². The van der Waals surface area contributed by atoms with Crippen LogP contribution < -0.4 is 0 Å². The van der Waals surface area contributed by atoms with Gasteiger partial charge >= 0.3 is 0 Å². The molecule has 2 aliphatic carbocycles. The monoisotopic (exact) mass is 735 g/mol. The van der Waals surface area contributed by atoms with Gasteiger partial charge in [-0.2, -0.15) is 0 Å². The molecular weight excluding hydrogens is 683 g/mol. The van der Waals surface area contributed by atoms with Crippen LogP contribution in [0.1, 0.15) is 103 Å². The van der Waals surface area contributed by atoms with E-state index in [1.165, 1.54) is 36.6 Å². The summed E-state index contributed by atoms with van der Waals surface area (Å²) in [7, 11) is 0. The molecule has 0 aliphatic heterocycles. The Bertz CT molecular complexity index is 1200. The summed E-state index contributed by atoms with van der Waals surface area (Å²) in [6, 6.07) is 20.0. The zero-order valence-corrected chi connectivity index (χ0v) is 28.6. The number of hydrogen-bond donors (Lipinski definition) is 2. The number of fused-ring (bicyclic) bond motifs is 2. The van der Waals surface area contributed by atoms with Crippen LogP contribution in [0.3, 0.4) is 0 Å². The maximum atomic E-state index is 11.4. The van der Waals surface area contributed by atoms with Gasteiger partial charge in [-0.15, -0.1) is 34.9 Å². The van der Waals surface area contributed by atoms with Gasteiger partial charge in [0.1, 0.15) is 0 Å². The van der Waals surface area contributed by atoms with Crippen LogP contribution in [0.4, 0.5) is 0 Å². The predicted molar refractivity (Wildman–Crippen MR) is 168 cm³/mol. The molecular formula is C37H52IrNO2-. The zero-order valence-electron chi connectivity index (χ0n) is 26.2. The van der Waals surface area contributed by atoms with E-state index in [0.29, 0.717) is 5.92 Å². The molecule has 1 radical (unpaired) electrons. The third-order valence-corrected chi connectivity index (χ3v) is 10.9. The smallest absolute Gasteiger partial charge is 0.0651 e. The van der Waals surface area contributed by atoms with Gasteiger partial charge in [-0.05, 0) is 85.3 Å². The van der Waals surface area contributed by atoms with E-state index in [1.54, 1.807) is 0 Å². The van der Waals surface area contributed by atoms with Gasteiger partial charge in [0.2, 0.25) is 0 Å². The van der Waals surface area contributed by atoms with Crippen molar-refractivity contribution in [3.63, 3.8) is 0 Å². The van der Waals surface area contributed by atoms with Crippen LogP contribution in [-0.4, -0.2) is 27.4 Å². The standard InChI is InChI=1S/C20H38O2.C17H14N.Ir/c1-5-19(6-2)13-9-11-15-12-10-14-20(7-3,8-4)18(22)16(15)17(19)21;1-12-9-13(2)11-15(10-12)17-8-7-14-5-3-4-6-16(14)18-17;/h15-18,21-22H,5-14H2,1-4H3;3-10H,1-2H3;/q;-1;. The normalized spacial score (nSPS) is 25.1. The van der Waals surface area contributed by atoms with Crippen LogP contribution in [0.25, 0.3) is 22.2 Å². The molecule has 2 aromatic carbocycles. The van der Waals surface area contributed by atoms with E-state index in [0.717, 1.165) is 60.9 Å². The Kier molecular flexibility index (Phi) is 12.2. The molecule has 2 unspecified atom stereocenters. The third kappa shape index (κ3) is 7.15. The molecule has 0 amide bonds. The van der Waals surface area contributed by atoms with E-state index in [2.05, 4.69) is 77.9 Å². The Labute approximate surface area is 262 Å². The van der Waals surface area contributed by atoms with Crippen LogP contribution in [0.5, 0.6) is 0 Å². The maximum Gasteiger partial charge on any atom is 0.0651 e. The fourth-order valence-electron chi connectivity index (χ4n) is 8.06. The first-order valence-electron chi connectivity index (χ1n) is 15.9. The van der Waals surface area contributed by atoms with Crippen molar-refractivity contribution in [1.82, 2.24) is 4.98 Å². The summed E-state index contributed by atoms with van der Waals surface area (Å²) in [5.41, 5.74) is 5.54. The van der Waals surface area contributed by atoms with E-state index in [1.807, 2.05) is 18.2 Å². The molecule has 2 N–H and O–H groups in total. The van der Waals surface area contributed by atoms with Gasteiger partial charge in [0.05, 0.1) is 17.7 Å². The molecule has 3 nitrogen and oxygen atoms in total. The molecule has 0 spiro atoms. The number of rotatable bonds is 5. The summed E-state index contributed by atoms with van der Waals surface area (Å²) in [5.74, 6) is 0.606. The molecule has 2 fully saturated rings. The average Bonchev–Trinajstić information content (AvgIpc) is 3.19. The van der Waals surface area contributed by atoms with Crippen molar-refractivity contribution in [2.24, 2.45) is 22.7 Å². The van der Waals surface area contributed by atoms with Crippen molar-refractivity contribution in [1.29, 1.82) is 0 Å². The van der Waals surface area contributed by atoms with Crippen molar-refractivity contribution >= 4 is 10.9 Å². The first kappa shape index (κ1) is 33.9. The first-order chi connectivity index (χ1) is 19.2. The molecule has 1 heterocycles. The number of para-hydroxylation sites is 1. The average molecular weight is 735 g/mol. The molecule has 3 aromatic rings. The number of hydrogen-bond acceptors (Lipinski definition) is 3. The predicted octanol–water partition coefficient (Wildman–Crippen LogP) is 9.24. The number of aliphatic hydroxyl groups excluding tert-OH is 2. The summed E-state index contributed by atoms with van der Waals surface area (Å²) >= 11 is 0. The van der Waals surface area contributed by atoms with Crippen molar-refractivity contribution in [2.45, 2.75) is 118 Å². The van der Waals surface area contributed by atoms with E-state index in [9.17, 15) is 10.2 Å². The number of aromatic nitrogens is 1. The molecule has 1 aromatic heterocycles. The minimum Gasteiger partial charge on any atom is -0.392 e. The summed E-state index contributed by atoms with van der Waals surface area (Å²) in [4.78, 5) is 4.70. The van der Waals surface area contributed by atoms with Crippen LogP contribution in [0.2, 0.25) is 0 Å². The maximum absolute atomic E-state index is 11.4. The minimum atomic E-state index is -0.333. The van der Waals surface area contributed by atoms with E-state index >= 15 is 0 Å². The van der Waals surface area contributed by atoms with Gasteiger partial charge < -0.3 is 10.2 Å². The van der Waals surface area contributed by atoms with E-state index in [-0.39, 0.29) is 49.1 Å². The largest absolute Gasteiger partial charge is 0.392 e. The molecule has 2 aliphatic rings. The van der Waals surface area contributed by atoms with Crippen LogP contribution >= 0.6 is 0 Å². The molecule has 41 heavy (non-hydrogen) atoms. The van der Waals surface area contributed by atoms with Crippen LogP contribution in [0.15, 0.2) is 48.5 Å². The quantitative estimate of drug-likeness (QED) is 0.257. The Morgan fingerprint density at radius 2 is 1.37 bits per heavy atom. The Balaban J connectivity index is 0.000000224. The van der Waals surface area contributed by atoms with Crippen LogP contribution in [0, 0.1) is 42.6 Å². The van der Waals surface area contributed by atoms with Gasteiger partial charge in [-0.3, -0.25) is 4.98 Å². The fourth-order valence-corrected chi connectivity index (χ4v) is 8.06. The van der Waals surface area contributed by atoms with Crippen molar-refractivity contribution in [3.05, 3.63) is 65.7 Å². The third-order valence-electron chi connectivity index (χ3n) is 10.9. The Hall–Kier alpha value is -1.58. The Morgan fingerprint density at radius 3 is 1.90 bits per heavy atom. The number of aliphatic hydroxyl groups is 2. The van der Waals surface area contributed by atoms with E-state index in [4.69, 9.17) is 4.98 Å². The second kappa shape index (κ2) is 14.7. The zero-order chi connectivity index (χ0) is 28.9. The van der Waals surface area contributed by atoms with E-state index < -0.39 is 0 Å². The molecule has 2 saturated carbocycles. The number of pyridine rings is 1. The summed E-state index contributed by atoms with van der Waals surface area (Å²) in [6.45, 7) is 13.1. The molecule has 0 bridgehead atoms. The van der Waals surface area contributed by atoms with Gasteiger partial charge in [-0.25, -0.2) is 0 Å². The van der Waals surface area contributed by atoms with Gasteiger partial charge in [-0.1, -0.05) is 84.7 Å². The number of benzene rings is 2. The van der Waals surface area contributed by atoms with Gasteiger partial charge in [0.15, 0.2) is 0 Å². The topological polar surface area (TPSA) is 53.4 Å². The SMILES string of the molecule is CCC1(CC)CCCC2CCCC(CC)(CC)C(O)C2C1O.Cc1[c-]c(-c2ccc3ccccc3n2)cc(C)c1.[Ir]. The first-order valence-corrected chi connectivity index (χ1v) is 15.9. The van der Waals surface area contributed by atoms with Crippen molar-refractivity contribution in [2.75, 3.05) is 0 Å². The second-order valence-corrected chi connectivity index (χ2v) is 12.8. The summed E-state index contributed by atoms with van der Waals surface area (Å²) in [5, 5.41) is 23.9. The fraction of sp³-hybridized carbons (Fsp3) is 0.595. The Morgan fingerprint density at radius 1 is 0.805 bits per heavy atom. The van der Waals surface area contributed by atoms with Crippen molar-refractivity contribution < 1.29 is 30.3 Å².